The van der Waals surface area contributed by atoms with E-state index >= 15 is 0 Å². The van der Waals surface area contributed by atoms with Gasteiger partial charge in [-0.05, 0) is 36.4 Å². The maximum atomic E-state index is 12.1. The molecule has 1 fully saturated rings. The zero-order valence-corrected chi connectivity index (χ0v) is 17.9. The Bertz CT molecular complexity index is 820. The highest BCUT2D eigenvalue weighted by Gasteiger charge is 2.22. The molecule has 2 aromatic carbocycles. The Labute approximate surface area is 177 Å². The van der Waals surface area contributed by atoms with E-state index in [-0.39, 0.29) is 6.03 Å². The number of benzene rings is 2. The molecule has 1 aliphatic rings. The smallest absolute Gasteiger partial charge is 0.319 e. The molecule has 2 aromatic rings. The number of hydrogen-bond donors (Lipinski definition) is 3. The third-order valence-corrected chi connectivity index (χ3v) is 5.31. The maximum Gasteiger partial charge on any atom is 0.319 e. The summed E-state index contributed by atoms with van der Waals surface area (Å²) in [6.45, 7) is 5.37. The fourth-order valence-electron chi connectivity index (χ4n) is 3.56. The number of urea groups is 1. The zero-order valence-electron chi connectivity index (χ0n) is 17.9. The van der Waals surface area contributed by atoms with E-state index in [2.05, 4.69) is 15.5 Å². The molecule has 8 nitrogen and oxygen atoms in total. The average molecular weight is 416 g/mol. The molecule has 0 radical (unpaired) electrons. The standard InChI is InChI=1S/C22H30N4O4/c1-28-18-6-4-17(5-7-18)24-22(27)23-10-11-25-12-14-26(15-13-25)20-16-19(29-2)8-9-21(20)30-3/h4-9,16H,10-15H2,1-3H3,(H2,23,24,27)/p+1. The van der Waals surface area contributed by atoms with Crippen LogP contribution in [0.4, 0.5) is 16.2 Å². The summed E-state index contributed by atoms with van der Waals surface area (Å²) in [5, 5.41) is 5.77. The van der Waals surface area contributed by atoms with Gasteiger partial charge in [0.2, 0.25) is 0 Å². The van der Waals surface area contributed by atoms with Crippen molar-refractivity contribution in [3.63, 3.8) is 0 Å². The largest absolute Gasteiger partial charge is 0.497 e. The minimum Gasteiger partial charge on any atom is -0.497 e. The number of carbonyl (C=O) groups is 1. The molecule has 0 aliphatic carbocycles. The van der Waals surface area contributed by atoms with Gasteiger partial charge in [0, 0.05) is 11.8 Å². The molecule has 0 unspecified atom stereocenters. The Hall–Kier alpha value is -3.13. The summed E-state index contributed by atoms with van der Waals surface area (Å²) in [7, 11) is 4.98. The highest BCUT2D eigenvalue weighted by molar-refractivity contribution is 5.89. The number of methoxy groups -OCH3 is 3. The number of nitrogens with zero attached hydrogens (tertiary/aromatic N) is 1. The first kappa shape index (κ1) is 21.6. The van der Waals surface area contributed by atoms with E-state index < -0.39 is 0 Å². The molecule has 1 heterocycles. The predicted octanol–water partition coefficient (Wildman–Crippen LogP) is 1.24. The van der Waals surface area contributed by atoms with Crippen LogP contribution in [0.25, 0.3) is 0 Å². The monoisotopic (exact) mass is 415 g/mol. The molecule has 30 heavy (non-hydrogen) atoms. The van der Waals surface area contributed by atoms with Crippen LogP contribution in [0.2, 0.25) is 0 Å². The molecule has 1 aliphatic heterocycles. The summed E-state index contributed by atoms with van der Waals surface area (Å²) in [5.74, 6) is 2.44. The minimum absolute atomic E-state index is 0.195. The summed E-state index contributed by atoms with van der Waals surface area (Å²) >= 11 is 0. The molecule has 3 rings (SSSR count). The summed E-state index contributed by atoms with van der Waals surface area (Å²) in [6, 6.07) is 12.9. The number of nitrogens with one attached hydrogen (secondary N) is 3. The first-order valence-corrected chi connectivity index (χ1v) is 10.1. The Morgan fingerprint density at radius 1 is 0.967 bits per heavy atom. The van der Waals surface area contributed by atoms with Gasteiger partial charge in [0.25, 0.3) is 0 Å². The van der Waals surface area contributed by atoms with Crippen molar-refractivity contribution < 1.29 is 23.9 Å². The lowest BCUT2D eigenvalue weighted by atomic mass is 10.2. The number of quaternary nitrogens is 1. The van der Waals surface area contributed by atoms with Gasteiger partial charge in [-0.15, -0.1) is 0 Å². The van der Waals surface area contributed by atoms with Gasteiger partial charge in [-0.2, -0.15) is 0 Å². The van der Waals surface area contributed by atoms with E-state index in [4.69, 9.17) is 14.2 Å². The lowest BCUT2D eigenvalue weighted by Crippen LogP contribution is -3.15. The molecule has 3 N–H and O–H groups in total. The van der Waals surface area contributed by atoms with Gasteiger partial charge in [-0.3, -0.25) is 0 Å². The number of carbonyl (C=O) groups excluding carboxylic acids is 1. The van der Waals surface area contributed by atoms with Crippen molar-refractivity contribution in [1.82, 2.24) is 5.32 Å². The van der Waals surface area contributed by atoms with E-state index in [1.807, 2.05) is 42.5 Å². The average Bonchev–Trinajstić information content (AvgIpc) is 2.79. The van der Waals surface area contributed by atoms with E-state index in [0.29, 0.717) is 6.54 Å². The molecular weight excluding hydrogens is 384 g/mol. The number of rotatable bonds is 8. The van der Waals surface area contributed by atoms with Crippen LogP contribution in [0.5, 0.6) is 17.2 Å². The molecule has 0 saturated carbocycles. The van der Waals surface area contributed by atoms with E-state index in [1.165, 1.54) is 4.90 Å². The Morgan fingerprint density at radius 3 is 2.27 bits per heavy atom. The van der Waals surface area contributed by atoms with Crippen molar-refractivity contribution in [3.05, 3.63) is 42.5 Å². The van der Waals surface area contributed by atoms with Gasteiger partial charge in [-0.1, -0.05) is 0 Å². The van der Waals surface area contributed by atoms with Crippen molar-refractivity contribution in [3.8, 4) is 17.2 Å². The van der Waals surface area contributed by atoms with E-state index in [0.717, 1.165) is 61.3 Å². The Kier molecular flexibility index (Phi) is 7.62. The summed E-state index contributed by atoms with van der Waals surface area (Å²) in [4.78, 5) is 15.9. The quantitative estimate of drug-likeness (QED) is 0.605. The molecule has 0 atom stereocenters. The second-order valence-electron chi connectivity index (χ2n) is 7.13. The van der Waals surface area contributed by atoms with Crippen LogP contribution < -0.4 is 34.6 Å². The molecule has 0 spiro atoms. The van der Waals surface area contributed by atoms with Crippen molar-refractivity contribution in [2.45, 2.75) is 0 Å². The zero-order chi connectivity index (χ0) is 21.3. The first-order valence-electron chi connectivity index (χ1n) is 10.1. The molecule has 8 heteroatoms. The topological polar surface area (TPSA) is 76.5 Å². The third kappa shape index (κ3) is 5.70. The van der Waals surface area contributed by atoms with Crippen LogP contribution in [0, 0.1) is 0 Å². The lowest BCUT2D eigenvalue weighted by molar-refractivity contribution is -0.899. The maximum absolute atomic E-state index is 12.1. The minimum atomic E-state index is -0.195. The first-order chi connectivity index (χ1) is 14.6. The van der Waals surface area contributed by atoms with Crippen molar-refractivity contribution in [2.24, 2.45) is 0 Å². The highest BCUT2D eigenvalue weighted by atomic mass is 16.5. The highest BCUT2D eigenvalue weighted by Crippen LogP contribution is 2.32. The van der Waals surface area contributed by atoms with Crippen LogP contribution in [0.3, 0.4) is 0 Å². The second kappa shape index (κ2) is 10.6. The molecule has 1 saturated heterocycles. The van der Waals surface area contributed by atoms with Gasteiger partial charge < -0.3 is 34.6 Å². The summed E-state index contributed by atoms with van der Waals surface area (Å²) < 4.78 is 16.0. The van der Waals surface area contributed by atoms with Crippen LogP contribution in [0.15, 0.2) is 42.5 Å². The number of hydrogen-bond acceptors (Lipinski definition) is 5. The van der Waals surface area contributed by atoms with E-state index in [1.54, 1.807) is 21.3 Å². The van der Waals surface area contributed by atoms with Crippen LogP contribution in [-0.4, -0.2) is 66.6 Å². The third-order valence-electron chi connectivity index (χ3n) is 5.31. The number of anilines is 2. The van der Waals surface area contributed by atoms with Crippen molar-refractivity contribution in [2.75, 3.05) is 70.8 Å². The summed E-state index contributed by atoms with van der Waals surface area (Å²) in [6.07, 6.45) is 0. The molecule has 2 amide bonds. The van der Waals surface area contributed by atoms with Crippen LogP contribution in [-0.2, 0) is 0 Å². The van der Waals surface area contributed by atoms with Gasteiger partial charge in [0.05, 0.1) is 66.3 Å². The second-order valence-corrected chi connectivity index (χ2v) is 7.13. The van der Waals surface area contributed by atoms with Crippen molar-refractivity contribution in [1.29, 1.82) is 0 Å². The van der Waals surface area contributed by atoms with Crippen molar-refractivity contribution >= 4 is 17.4 Å². The molecule has 0 aromatic heterocycles. The number of amides is 2. The molecule has 162 valence electrons. The van der Waals surface area contributed by atoms with Gasteiger partial charge in [-0.25, -0.2) is 4.79 Å². The van der Waals surface area contributed by atoms with Crippen LogP contribution in [0.1, 0.15) is 0 Å². The van der Waals surface area contributed by atoms with Gasteiger partial charge >= 0.3 is 6.03 Å². The number of piperazine rings is 1. The summed E-state index contributed by atoms with van der Waals surface area (Å²) in [5.41, 5.74) is 1.80. The fourth-order valence-corrected chi connectivity index (χ4v) is 3.56. The normalized spacial score (nSPS) is 14.2. The van der Waals surface area contributed by atoms with Gasteiger partial charge in [0.1, 0.15) is 17.2 Å². The van der Waals surface area contributed by atoms with Crippen LogP contribution >= 0.6 is 0 Å². The molecule has 0 bridgehead atoms. The predicted molar refractivity (Wildman–Crippen MR) is 117 cm³/mol. The van der Waals surface area contributed by atoms with Gasteiger partial charge in [0.15, 0.2) is 0 Å². The lowest BCUT2D eigenvalue weighted by Gasteiger charge is -2.34. The fraction of sp³-hybridized carbons (Fsp3) is 0.409. The SMILES string of the molecule is COc1ccc(NC(=O)NCC[NH+]2CCN(c3cc(OC)ccc3OC)CC2)cc1. The van der Waals surface area contributed by atoms with E-state index in [9.17, 15) is 4.79 Å². The Morgan fingerprint density at radius 2 is 1.63 bits per heavy atom. The number of ether oxygens (including phenoxy) is 3. The molecular formula is C22H31N4O4+. The Balaban J connectivity index is 1.41.